The van der Waals surface area contributed by atoms with Crippen LogP contribution in [0.2, 0.25) is 0 Å². The molecule has 2 N–H and O–H groups in total. The molecule has 0 saturated heterocycles. The highest BCUT2D eigenvalue weighted by molar-refractivity contribution is 5.05. The van der Waals surface area contributed by atoms with Gasteiger partial charge in [-0.25, -0.2) is 0 Å². The summed E-state index contributed by atoms with van der Waals surface area (Å²) >= 11 is 0. The molecule has 2 atom stereocenters. The third-order valence-corrected chi connectivity index (χ3v) is 3.75. The molecule has 2 aliphatic rings. The Labute approximate surface area is 69.4 Å². The molecule has 2 aliphatic carbocycles. The van der Waals surface area contributed by atoms with Crippen LogP contribution in [0.15, 0.2) is 0 Å². The Morgan fingerprint density at radius 1 is 1.45 bits per heavy atom. The molecule has 0 bridgehead atoms. The second-order valence-corrected chi connectivity index (χ2v) is 4.67. The van der Waals surface area contributed by atoms with Crippen molar-refractivity contribution in [2.45, 2.75) is 51.0 Å². The fraction of sp³-hybridized carbons (Fsp3) is 1.00. The Balaban J connectivity index is 1.66. The average Bonchev–Trinajstić information content (AvgIpc) is 2.37. The molecule has 0 amide bonds. The van der Waals surface area contributed by atoms with Crippen molar-refractivity contribution < 1.29 is 0 Å². The molecule has 0 aromatic carbocycles. The van der Waals surface area contributed by atoms with Crippen molar-refractivity contribution in [1.82, 2.24) is 0 Å². The summed E-state index contributed by atoms with van der Waals surface area (Å²) < 4.78 is 0. The maximum Gasteiger partial charge on any atom is 0.0184 e. The number of nitrogens with two attached hydrogens (primary N) is 1. The molecule has 64 valence electrons. The van der Waals surface area contributed by atoms with Gasteiger partial charge in [0.25, 0.3) is 0 Å². The van der Waals surface area contributed by atoms with Crippen LogP contribution >= 0.6 is 0 Å². The number of rotatable bonds is 3. The van der Waals surface area contributed by atoms with Gasteiger partial charge in [-0.3, -0.25) is 0 Å². The zero-order valence-corrected chi connectivity index (χ0v) is 7.47. The molecule has 2 unspecified atom stereocenters. The topological polar surface area (TPSA) is 26.0 Å². The third-order valence-electron chi connectivity index (χ3n) is 3.75. The molecule has 2 saturated carbocycles. The van der Waals surface area contributed by atoms with Crippen molar-refractivity contribution >= 4 is 0 Å². The monoisotopic (exact) mass is 153 g/mol. The largest absolute Gasteiger partial charge is 0.325 e. The van der Waals surface area contributed by atoms with E-state index in [1.54, 1.807) is 0 Å². The van der Waals surface area contributed by atoms with Gasteiger partial charge in [0, 0.05) is 5.54 Å². The molecule has 0 aliphatic heterocycles. The summed E-state index contributed by atoms with van der Waals surface area (Å²) in [5.74, 6) is 1.85. The van der Waals surface area contributed by atoms with Crippen LogP contribution in [0.5, 0.6) is 0 Å². The summed E-state index contributed by atoms with van der Waals surface area (Å²) in [6.07, 6.45) is 8.39. The average molecular weight is 153 g/mol. The van der Waals surface area contributed by atoms with Crippen molar-refractivity contribution in [3.8, 4) is 0 Å². The van der Waals surface area contributed by atoms with E-state index >= 15 is 0 Å². The Morgan fingerprint density at radius 3 is 2.45 bits per heavy atom. The summed E-state index contributed by atoms with van der Waals surface area (Å²) in [4.78, 5) is 0. The minimum Gasteiger partial charge on any atom is -0.325 e. The van der Waals surface area contributed by atoms with Gasteiger partial charge in [-0.05, 0) is 31.1 Å². The zero-order chi connectivity index (χ0) is 7.90. The highest BCUT2D eigenvalue weighted by atomic mass is 14.8. The molecule has 2 fully saturated rings. The molecule has 0 radical (unpaired) electrons. The maximum absolute atomic E-state index is 6.12. The predicted molar refractivity (Wildman–Crippen MR) is 47.3 cm³/mol. The van der Waals surface area contributed by atoms with Gasteiger partial charge in [0.05, 0.1) is 0 Å². The van der Waals surface area contributed by atoms with Gasteiger partial charge in [-0.2, -0.15) is 0 Å². The van der Waals surface area contributed by atoms with E-state index in [-0.39, 0.29) is 5.54 Å². The lowest BCUT2D eigenvalue weighted by Crippen LogP contribution is -2.26. The van der Waals surface area contributed by atoms with Crippen LogP contribution in [-0.2, 0) is 0 Å². The van der Waals surface area contributed by atoms with Gasteiger partial charge in [-0.15, -0.1) is 0 Å². The Bertz CT molecular complexity index is 151. The first-order valence-corrected chi connectivity index (χ1v) is 4.99. The lowest BCUT2D eigenvalue weighted by atomic mass is 9.81. The summed E-state index contributed by atoms with van der Waals surface area (Å²) in [6.45, 7) is 2.28. The molecule has 11 heavy (non-hydrogen) atoms. The molecule has 2 rings (SSSR count). The van der Waals surface area contributed by atoms with Gasteiger partial charge in [0.15, 0.2) is 0 Å². The summed E-state index contributed by atoms with van der Waals surface area (Å²) in [7, 11) is 0. The van der Waals surface area contributed by atoms with Crippen molar-refractivity contribution in [2.75, 3.05) is 0 Å². The fourth-order valence-corrected chi connectivity index (χ4v) is 2.11. The van der Waals surface area contributed by atoms with Gasteiger partial charge in [-0.1, -0.05) is 26.2 Å². The first-order valence-electron chi connectivity index (χ1n) is 4.99. The minimum absolute atomic E-state index is 0.273. The minimum atomic E-state index is 0.273. The van der Waals surface area contributed by atoms with Crippen molar-refractivity contribution in [3.63, 3.8) is 0 Å². The van der Waals surface area contributed by atoms with Gasteiger partial charge >= 0.3 is 0 Å². The quantitative estimate of drug-likeness (QED) is 0.661. The summed E-state index contributed by atoms with van der Waals surface area (Å²) in [5, 5.41) is 0. The van der Waals surface area contributed by atoms with Crippen LogP contribution in [0.4, 0.5) is 0 Å². The summed E-state index contributed by atoms with van der Waals surface area (Å²) in [5.41, 5.74) is 6.39. The van der Waals surface area contributed by atoms with Crippen molar-refractivity contribution in [3.05, 3.63) is 0 Å². The van der Waals surface area contributed by atoms with Gasteiger partial charge < -0.3 is 5.73 Å². The third kappa shape index (κ3) is 1.44. The highest BCUT2D eigenvalue weighted by Crippen LogP contribution is 2.46. The van der Waals surface area contributed by atoms with Crippen LogP contribution in [-0.4, -0.2) is 5.54 Å². The molecule has 0 aromatic rings. The standard InChI is InChI=1S/C10H19N/c1-8-7-10(8,11)6-5-9-3-2-4-9/h8-9H,2-7,11H2,1H3. The highest BCUT2D eigenvalue weighted by Gasteiger charge is 2.47. The van der Waals surface area contributed by atoms with E-state index in [4.69, 9.17) is 5.73 Å². The fourth-order valence-electron chi connectivity index (χ4n) is 2.11. The smallest absolute Gasteiger partial charge is 0.0184 e. The van der Waals surface area contributed by atoms with Crippen molar-refractivity contribution in [1.29, 1.82) is 0 Å². The number of hydrogen-bond donors (Lipinski definition) is 1. The van der Waals surface area contributed by atoms with E-state index in [1.165, 1.54) is 38.5 Å². The van der Waals surface area contributed by atoms with E-state index in [9.17, 15) is 0 Å². The lowest BCUT2D eigenvalue weighted by Gasteiger charge is -2.26. The molecular formula is C10H19N. The molecule has 1 nitrogen and oxygen atoms in total. The van der Waals surface area contributed by atoms with E-state index in [0.29, 0.717) is 0 Å². The molecule has 0 heterocycles. The molecular weight excluding hydrogens is 134 g/mol. The predicted octanol–water partition coefficient (Wildman–Crippen LogP) is 2.30. The first-order chi connectivity index (χ1) is 5.21. The molecule has 0 spiro atoms. The Kier molecular flexibility index (Phi) is 1.71. The van der Waals surface area contributed by atoms with Crippen LogP contribution in [0.1, 0.15) is 45.4 Å². The SMILES string of the molecule is CC1CC1(N)CCC1CCC1. The molecule has 1 heteroatoms. The summed E-state index contributed by atoms with van der Waals surface area (Å²) in [6, 6.07) is 0. The second kappa shape index (κ2) is 2.48. The Hall–Kier alpha value is -0.0400. The number of hydrogen-bond acceptors (Lipinski definition) is 1. The van der Waals surface area contributed by atoms with Crippen LogP contribution in [0, 0.1) is 11.8 Å². The normalized spacial score (nSPS) is 43.6. The molecule has 0 aromatic heterocycles. The van der Waals surface area contributed by atoms with Crippen LogP contribution < -0.4 is 5.73 Å². The maximum atomic E-state index is 6.12. The lowest BCUT2D eigenvalue weighted by molar-refractivity contribution is 0.277. The Morgan fingerprint density at radius 2 is 2.09 bits per heavy atom. The van der Waals surface area contributed by atoms with Crippen molar-refractivity contribution in [2.24, 2.45) is 17.6 Å². The van der Waals surface area contributed by atoms with Crippen LogP contribution in [0.25, 0.3) is 0 Å². The zero-order valence-electron chi connectivity index (χ0n) is 7.47. The van der Waals surface area contributed by atoms with E-state index in [0.717, 1.165) is 11.8 Å². The first kappa shape index (κ1) is 7.60. The van der Waals surface area contributed by atoms with E-state index in [1.807, 2.05) is 0 Å². The van der Waals surface area contributed by atoms with Crippen LogP contribution in [0.3, 0.4) is 0 Å². The van der Waals surface area contributed by atoms with E-state index < -0.39 is 0 Å². The van der Waals surface area contributed by atoms with E-state index in [2.05, 4.69) is 6.92 Å². The van der Waals surface area contributed by atoms with Gasteiger partial charge in [0.2, 0.25) is 0 Å². The van der Waals surface area contributed by atoms with Gasteiger partial charge in [0.1, 0.15) is 0 Å². The second-order valence-electron chi connectivity index (χ2n) is 4.67.